The van der Waals surface area contributed by atoms with Gasteiger partial charge in [0.25, 0.3) is 0 Å². The average Bonchev–Trinajstić information content (AvgIpc) is 3.08. The highest BCUT2D eigenvalue weighted by Crippen LogP contribution is 2.63. The minimum absolute atomic E-state index is 0.0890. The standard InChI is InChI=1S/C40H34O8/c1-37-35(39(47-37,27-15-7-3-8-16-27)28-17-9-4-10-18-28)31(25-33(41)45-37)43-23-24-44-32-26-34(42)46-38(2)36(32)40(48-38,29-19-11-5-12-20-29)30-21-13-6-14-22-30/h3-22,25-26,35-36H,23-24H2,1-2H3/t35-,36-,37-,38-/m1/s1. The van der Waals surface area contributed by atoms with Crippen molar-refractivity contribution in [3.63, 3.8) is 0 Å². The quantitative estimate of drug-likeness (QED) is 0.151. The fraction of sp³-hybridized carbons (Fsp3) is 0.250. The highest BCUT2D eigenvalue weighted by Gasteiger charge is 2.71. The highest BCUT2D eigenvalue weighted by atomic mass is 16.8. The maximum atomic E-state index is 12.8. The van der Waals surface area contributed by atoms with Gasteiger partial charge in [0, 0.05) is 13.8 Å². The number of hydrogen-bond acceptors (Lipinski definition) is 8. The van der Waals surface area contributed by atoms with E-state index in [1.54, 1.807) is 13.8 Å². The average molecular weight is 643 g/mol. The third kappa shape index (κ3) is 4.51. The molecule has 0 unspecified atom stereocenters. The maximum Gasteiger partial charge on any atom is 0.336 e. The molecule has 8 heteroatoms. The van der Waals surface area contributed by atoms with Gasteiger partial charge < -0.3 is 28.4 Å². The summed E-state index contributed by atoms with van der Waals surface area (Å²) < 4.78 is 37.4. The summed E-state index contributed by atoms with van der Waals surface area (Å²) in [7, 11) is 0. The summed E-state index contributed by atoms with van der Waals surface area (Å²) in [6, 6.07) is 39.5. The van der Waals surface area contributed by atoms with Gasteiger partial charge in [0.2, 0.25) is 11.6 Å². The summed E-state index contributed by atoms with van der Waals surface area (Å²) in [5.74, 6) is -3.63. The van der Waals surface area contributed by atoms with E-state index < -0.39 is 46.6 Å². The first kappa shape index (κ1) is 30.2. The Morgan fingerprint density at radius 3 is 1.08 bits per heavy atom. The molecule has 4 atom stereocenters. The zero-order chi connectivity index (χ0) is 33.0. The molecule has 4 aromatic carbocycles. The molecule has 8 nitrogen and oxygen atoms in total. The second kappa shape index (κ2) is 11.2. The number of carbonyl (C=O) groups excluding carboxylic acids is 2. The van der Waals surface area contributed by atoms with Crippen LogP contribution in [0.5, 0.6) is 0 Å². The van der Waals surface area contributed by atoms with E-state index in [1.807, 2.05) is 121 Å². The molecule has 242 valence electrons. The molecule has 0 aliphatic carbocycles. The zero-order valence-electron chi connectivity index (χ0n) is 26.5. The van der Waals surface area contributed by atoms with Crippen LogP contribution in [0.1, 0.15) is 36.1 Å². The normalized spacial score (nSPS) is 27.7. The van der Waals surface area contributed by atoms with Gasteiger partial charge in [-0.25, -0.2) is 9.59 Å². The summed E-state index contributed by atoms with van der Waals surface area (Å²) in [6.45, 7) is 3.70. The molecule has 0 radical (unpaired) electrons. The van der Waals surface area contributed by atoms with Gasteiger partial charge in [0.15, 0.2) is 0 Å². The molecule has 0 N–H and O–H groups in total. The molecule has 0 saturated carbocycles. The van der Waals surface area contributed by atoms with Gasteiger partial charge in [0.05, 0.1) is 12.2 Å². The Hall–Kier alpha value is -5.18. The predicted molar refractivity (Wildman–Crippen MR) is 174 cm³/mol. The first-order chi connectivity index (χ1) is 23.3. The number of esters is 2. The van der Waals surface area contributed by atoms with E-state index in [0.717, 1.165) is 22.3 Å². The van der Waals surface area contributed by atoms with Crippen LogP contribution in [-0.2, 0) is 49.2 Å². The Morgan fingerprint density at radius 1 is 0.500 bits per heavy atom. The van der Waals surface area contributed by atoms with Gasteiger partial charge in [-0.15, -0.1) is 0 Å². The van der Waals surface area contributed by atoms with Crippen molar-refractivity contribution in [2.75, 3.05) is 13.2 Å². The lowest BCUT2D eigenvalue weighted by molar-refractivity contribution is -0.398. The van der Waals surface area contributed by atoms with Gasteiger partial charge in [0.1, 0.15) is 47.8 Å². The van der Waals surface area contributed by atoms with Crippen molar-refractivity contribution in [3.05, 3.63) is 167 Å². The van der Waals surface area contributed by atoms with Crippen LogP contribution in [0.25, 0.3) is 0 Å². The van der Waals surface area contributed by atoms with Crippen LogP contribution in [0, 0.1) is 11.8 Å². The van der Waals surface area contributed by atoms with E-state index in [-0.39, 0.29) is 13.2 Å². The van der Waals surface area contributed by atoms with E-state index in [9.17, 15) is 9.59 Å². The summed E-state index contributed by atoms with van der Waals surface area (Å²) >= 11 is 0. The minimum atomic E-state index is -1.24. The second-order valence-corrected chi connectivity index (χ2v) is 12.7. The molecule has 0 bridgehead atoms. The fourth-order valence-corrected chi connectivity index (χ4v) is 7.98. The second-order valence-electron chi connectivity index (χ2n) is 12.7. The smallest absolute Gasteiger partial charge is 0.336 e. The molecule has 4 heterocycles. The molecule has 4 aliphatic rings. The monoisotopic (exact) mass is 642 g/mol. The van der Waals surface area contributed by atoms with Crippen LogP contribution in [-0.4, -0.2) is 36.7 Å². The largest absolute Gasteiger partial charge is 0.493 e. The highest BCUT2D eigenvalue weighted by molar-refractivity contribution is 5.85. The predicted octanol–water partition coefficient (Wildman–Crippen LogP) is 6.51. The van der Waals surface area contributed by atoms with Crippen molar-refractivity contribution in [2.24, 2.45) is 11.8 Å². The molecule has 0 aromatic heterocycles. The maximum absolute atomic E-state index is 12.8. The molecule has 2 fully saturated rings. The van der Waals surface area contributed by atoms with Crippen molar-refractivity contribution in [2.45, 2.75) is 36.6 Å². The molecular weight excluding hydrogens is 608 g/mol. The number of benzene rings is 4. The Morgan fingerprint density at radius 2 is 0.792 bits per heavy atom. The van der Waals surface area contributed by atoms with Crippen molar-refractivity contribution in [1.29, 1.82) is 0 Å². The van der Waals surface area contributed by atoms with Crippen molar-refractivity contribution < 1.29 is 38.0 Å². The van der Waals surface area contributed by atoms with Gasteiger partial charge in [-0.2, -0.15) is 0 Å². The Bertz CT molecular complexity index is 1690. The molecule has 4 aliphatic heterocycles. The van der Waals surface area contributed by atoms with Crippen molar-refractivity contribution in [1.82, 2.24) is 0 Å². The fourth-order valence-electron chi connectivity index (χ4n) is 7.98. The Kier molecular flexibility index (Phi) is 7.05. The van der Waals surface area contributed by atoms with E-state index in [0.29, 0.717) is 11.5 Å². The molecule has 0 spiro atoms. The Balaban J connectivity index is 1.07. The van der Waals surface area contributed by atoms with Gasteiger partial charge in [-0.1, -0.05) is 121 Å². The van der Waals surface area contributed by atoms with Crippen LogP contribution in [0.15, 0.2) is 145 Å². The summed E-state index contributed by atoms with van der Waals surface area (Å²) in [5, 5.41) is 0. The number of carbonyl (C=O) groups is 2. The molecule has 2 saturated heterocycles. The van der Waals surface area contributed by atoms with E-state index in [4.69, 9.17) is 28.4 Å². The van der Waals surface area contributed by atoms with Gasteiger partial charge >= 0.3 is 11.9 Å². The Labute approximate surface area is 278 Å². The van der Waals surface area contributed by atoms with Crippen molar-refractivity contribution >= 4 is 11.9 Å². The SMILES string of the molecule is C[C@]12OC(=O)C=C(OCCOC3=CC(=O)O[C@]4(C)OC(c5ccccc5)(c5ccccc5)[C@H]34)[C@H]1C(c1ccccc1)(c1ccccc1)O2. The van der Waals surface area contributed by atoms with E-state index >= 15 is 0 Å². The lowest BCUT2D eigenvalue weighted by Crippen LogP contribution is -2.69. The molecular formula is C40H34O8. The topological polar surface area (TPSA) is 89.5 Å². The number of fused-ring (bicyclic) bond motifs is 2. The number of rotatable bonds is 9. The summed E-state index contributed by atoms with van der Waals surface area (Å²) in [6.07, 6.45) is 2.78. The van der Waals surface area contributed by atoms with E-state index in [1.165, 1.54) is 12.2 Å². The lowest BCUT2D eigenvalue weighted by atomic mass is 9.65. The minimum Gasteiger partial charge on any atom is -0.493 e. The lowest BCUT2D eigenvalue weighted by Gasteiger charge is -2.61. The summed E-state index contributed by atoms with van der Waals surface area (Å²) in [5.41, 5.74) is 1.75. The summed E-state index contributed by atoms with van der Waals surface area (Å²) in [4.78, 5) is 25.5. The van der Waals surface area contributed by atoms with Gasteiger partial charge in [-0.05, 0) is 22.3 Å². The number of ether oxygens (including phenoxy) is 6. The molecule has 48 heavy (non-hydrogen) atoms. The first-order valence-electron chi connectivity index (χ1n) is 16.1. The van der Waals surface area contributed by atoms with Crippen LogP contribution in [0.3, 0.4) is 0 Å². The molecule has 8 rings (SSSR count). The zero-order valence-corrected chi connectivity index (χ0v) is 26.5. The number of hydrogen-bond donors (Lipinski definition) is 0. The van der Waals surface area contributed by atoms with Crippen LogP contribution in [0.4, 0.5) is 0 Å². The third-order valence-corrected chi connectivity index (χ3v) is 9.72. The van der Waals surface area contributed by atoms with Crippen LogP contribution in [0.2, 0.25) is 0 Å². The molecule has 0 amide bonds. The van der Waals surface area contributed by atoms with E-state index in [2.05, 4.69) is 0 Å². The third-order valence-electron chi connectivity index (χ3n) is 9.72. The first-order valence-corrected chi connectivity index (χ1v) is 16.1. The molecule has 4 aromatic rings. The van der Waals surface area contributed by atoms with Gasteiger partial charge in [-0.3, -0.25) is 0 Å². The van der Waals surface area contributed by atoms with Crippen molar-refractivity contribution in [3.8, 4) is 0 Å². The van der Waals surface area contributed by atoms with Crippen LogP contribution >= 0.6 is 0 Å². The van der Waals surface area contributed by atoms with Crippen LogP contribution < -0.4 is 0 Å².